The van der Waals surface area contributed by atoms with Gasteiger partial charge in [-0.2, -0.15) is 0 Å². The molecule has 4 aromatic rings. The van der Waals surface area contributed by atoms with Crippen molar-refractivity contribution in [3.8, 4) is 0 Å². The highest BCUT2D eigenvalue weighted by atomic mass is 17.0. The van der Waals surface area contributed by atoms with Crippen LogP contribution in [-0.2, 0) is 29.0 Å². The van der Waals surface area contributed by atoms with E-state index in [1.165, 1.54) is 32.3 Å². The Labute approximate surface area is 263 Å². The van der Waals surface area contributed by atoms with Crippen LogP contribution in [0.1, 0.15) is 0 Å². The quantitative estimate of drug-likeness (QED) is 0.0878. The van der Waals surface area contributed by atoms with E-state index >= 15 is 0 Å². The molecule has 0 radical (unpaired) electrons. The minimum Gasteiger partial charge on any atom is -0.311 e. The highest BCUT2D eigenvalue weighted by Crippen LogP contribution is 2.27. The minimum atomic E-state index is -2.78. The predicted molar refractivity (Wildman–Crippen MR) is 152 cm³/mol. The Morgan fingerprint density at radius 2 is 0.688 bits per heavy atom. The molecule has 0 saturated heterocycles. The van der Waals surface area contributed by atoms with Crippen molar-refractivity contribution in [3.05, 3.63) is 133 Å². The van der Waals surface area contributed by atoms with E-state index in [0.717, 1.165) is 0 Å². The van der Waals surface area contributed by atoms with Crippen molar-refractivity contribution >= 4 is 32.3 Å². The zero-order valence-electron chi connectivity index (χ0n) is 23.7. The first-order valence-corrected chi connectivity index (χ1v) is 12.8. The van der Waals surface area contributed by atoms with Crippen molar-refractivity contribution in [1.29, 1.82) is 0 Å². The molecule has 0 aliphatic rings. The SMILES string of the molecule is O=[N+]([O-])OC[C@@H](O[N+](=O)[O-])[C@@H](O[N+](=O)[O-])[C@H](O[N+](=O)[O-])[C@@H](CO[N+](=O)[O-])O[N+](=O)[O-].c1ccc2cc3cc4ccccc4cc3cc2c1. The van der Waals surface area contributed by atoms with Gasteiger partial charge in [-0.15, -0.1) is 60.7 Å². The minimum absolute atomic E-state index is 1.31. The van der Waals surface area contributed by atoms with Crippen LogP contribution in [0.3, 0.4) is 0 Å². The molecular formula is C24H20N6O18. The van der Waals surface area contributed by atoms with Gasteiger partial charge in [0, 0.05) is 0 Å². The van der Waals surface area contributed by atoms with Crippen molar-refractivity contribution in [2.75, 3.05) is 13.2 Å². The number of hydrogen-bond acceptors (Lipinski definition) is 18. The lowest BCUT2D eigenvalue weighted by atomic mass is 10.00. The van der Waals surface area contributed by atoms with E-state index in [-0.39, 0.29) is 0 Å². The summed E-state index contributed by atoms with van der Waals surface area (Å²) in [5.74, 6) is 0. The predicted octanol–water partition coefficient (Wildman–Crippen LogP) is 2.86. The Kier molecular flexibility index (Phi) is 12.0. The molecule has 4 rings (SSSR count). The molecule has 0 fully saturated rings. The first-order chi connectivity index (χ1) is 22.7. The third-order valence-electron chi connectivity index (χ3n) is 6.17. The summed E-state index contributed by atoms with van der Waals surface area (Å²) < 4.78 is 0. The maximum absolute atomic E-state index is 10.7. The smallest absolute Gasteiger partial charge is 0.294 e. The highest BCUT2D eigenvalue weighted by Gasteiger charge is 2.45. The highest BCUT2D eigenvalue weighted by molar-refractivity contribution is 6.04. The van der Waals surface area contributed by atoms with Gasteiger partial charge < -0.3 is 29.0 Å². The summed E-state index contributed by atoms with van der Waals surface area (Å²) in [6.07, 6.45) is -10.7. The summed E-state index contributed by atoms with van der Waals surface area (Å²) in [5, 5.41) is 60.9. The zero-order chi connectivity index (χ0) is 35.4. The Balaban J connectivity index is 0.000000289. The van der Waals surface area contributed by atoms with Crippen LogP contribution in [0.15, 0.2) is 72.8 Å². The molecule has 0 aromatic heterocycles. The average Bonchev–Trinajstić information content (AvgIpc) is 3.00. The van der Waals surface area contributed by atoms with Crippen LogP contribution in [0.5, 0.6) is 0 Å². The Bertz CT molecular complexity index is 1620. The molecule has 0 bridgehead atoms. The van der Waals surface area contributed by atoms with E-state index in [0.29, 0.717) is 0 Å². The number of rotatable bonds is 17. The molecule has 0 amide bonds. The van der Waals surface area contributed by atoms with E-state index in [9.17, 15) is 60.7 Å². The molecule has 0 N–H and O–H groups in total. The summed E-state index contributed by atoms with van der Waals surface area (Å²) in [5.41, 5.74) is 0. The van der Waals surface area contributed by atoms with Gasteiger partial charge in [0.05, 0.1) is 0 Å². The maximum atomic E-state index is 10.7. The topological polar surface area (TPSA) is 314 Å². The molecule has 0 spiro atoms. The second-order valence-electron chi connectivity index (χ2n) is 9.11. The van der Waals surface area contributed by atoms with E-state index < -0.39 is 68.1 Å². The summed E-state index contributed by atoms with van der Waals surface area (Å²) in [7, 11) is 0. The van der Waals surface area contributed by atoms with E-state index in [4.69, 9.17) is 0 Å². The summed E-state index contributed by atoms with van der Waals surface area (Å²) in [6.45, 7) is -3.10. The molecule has 254 valence electrons. The fourth-order valence-electron chi connectivity index (χ4n) is 4.37. The third-order valence-corrected chi connectivity index (χ3v) is 6.17. The lowest BCUT2D eigenvalue weighted by molar-refractivity contribution is -0.834. The van der Waals surface area contributed by atoms with Gasteiger partial charge in [0.2, 0.25) is 0 Å². The molecule has 24 heteroatoms. The standard InChI is InChI=1S/C18H12.C6H8N6O18/c1-2-6-14-10-18-12-16-8-4-3-7-15(16)11-17(18)9-13(14)5-1;13-7(14)25-1-3(27-9(17)18)5(29-11(21)22)6(30-12(23)24)4(28-10(19)20)2-26-8(15)16/h1-12H;3-6H,1-2H2/t;3-,4-,5-,6-/m.1/s1. The normalized spacial score (nSPS) is 13.0. The first-order valence-electron chi connectivity index (χ1n) is 12.8. The van der Waals surface area contributed by atoms with Crippen molar-refractivity contribution < 1.29 is 59.5 Å². The van der Waals surface area contributed by atoms with Gasteiger partial charge in [0.1, 0.15) is 13.2 Å². The van der Waals surface area contributed by atoms with Crippen molar-refractivity contribution in [1.82, 2.24) is 0 Å². The zero-order valence-corrected chi connectivity index (χ0v) is 23.7. The molecule has 48 heavy (non-hydrogen) atoms. The number of benzene rings is 4. The van der Waals surface area contributed by atoms with Gasteiger partial charge in [-0.3, -0.25) is 0 Å². The van der Waals surface area contributed by atoms with Crippen LogP contribution >= 0.6 is 0 Å². The second-order valence-corrected chi connectivity index (χ2v) is 9.11. The monoisotopic (exact) mass is 680 g/mol. The Morgan fingerprint density at radius 1 is 0.417 bits per heavy atom. The van der Waals surface area contributed by atoms with Gasteiger partial charge in [0.15, 0.2) is 24.4 Å². The average molecular weight is 680 g/mol. The van der Waals surface area contributed by atoms with Crippen molar-refractivity contribution in [2.24, 2.45) is 0 Å². The fraction of sp³-hybridized carbons (Fsp3) is 0.250. The second kappa shape index (κ2) is 16.3. The Morgan fingerprint density at radius 3 is 0.917 bits per heavy atom. The Hall–Kier alpha value is -7.14. The lowest BCUT2D eigenvalue weighted by Crippen LogP contribution is -2.54. The number of fused-ring (bicyclic) bond motifs is 3. The van der Waals surface area contributed by atoms with Gasteiger partial charge in [0.25, 0.3) is 30.5 Å². The van der Waals surface area contributed by atoms with Crippen LogP contribution in [-0.4, -0.2) is 68.1 Å². The van der Waals surface area contributed by atoms with Crippen LogP contribution in [0.4, 0.5) is 0 Å². The van der Waals surface area contributed by atoms with Gasteiger partial charge in [-0.25, -0.2) is 0 Å². The molecule has 0 aliphatic carbocycles. The molecule has 0 saturated carbocycles. The maximum Gasteiger partial charge on any atom is 0.294 e. The van der Waals surface area contributed by atoms with Crippen LogP contribution in [0.2, 0.25) is 0 Å². The van der Waals surface area contributed by atoms with Crippen LogP contribution in [0.25, 0.3) is 32.3 Å². The molecule has 0 unspecified atom stereocenters. The van der Waals surface area contributed by atoms with E-state index in [1.54, 1.807) is 0 Å². The van der Waals surface area contributed by atoms with Crippen LogP contribution < -0.4 is 0 Å². The van der Waals surface area contributed by atoms with Crippen molar-refractivity contribution in [3.63, 3.8) is 0 Å². The molecule has 4 atom stereocenters. The van der Waals surface area contributed by atoms with Gasteiger partial charge in [-0.1, -0.05) is 48.5 Å². The summed E-state index contributed by atoms with van der Waals surface area (Å²) in [4.78, 5) is 86.0. The number of nitrogens with zero attached hydrogens (tertiary/aromatic N) is 6. The summed E-state index contributed by atoms with van der Waals surface area (Å²) >= 11 is 0. The van der Waals surface area contributed by atoms with Gasteiger partial charge >= 0.3 is 0 Å². The van der Waals surface area contributed by atoms with E-state index in [2.05, 4.69) is 102 Å². The third kappa shape index (κ3) is 10.5. The first kappa shape index (κ1) is 35.3. The van der Waals surface area contributed by atoms with Crippen LogP contribution in [0, 0.1) is 60.7 Å². The van der Waals surface area contributed by atoms with E-state index in [1.807, 2.05) is 0 Å². The van der Waals surface area contributed by atoms with Gasteiger partial charge in [-0.05, 0) is 56.6 Å². The van der Waals surface area contributed by atoms with Crippen molar-refractivity contribution in [2.45, 2.75) is 24.4 Å². The molecule has 4 aromatic carbocycles. The fourth-order valence-corrected chi connectivity index (χ4v) is 4.37. The summed E-state index contributed by atoms with van der Waals surface area (Å²) in [6, 6.07) is 26.2. The molecule has 24 nitrogen and oxygen atoms in total. The molecule has 0 aliphatic heterocycles. The largest absolute Gasteiger partial charge is 0.311 e. The lowest BCUT2D eigenvalue weighted by Gasteiger charge is -2.31. The molecular weight excluding hydrogens is 660 g/mol. The molecule has 0 heterocycles. The number of hydrogen-bond donors (Lipinski definition) is 0.